The number of fused-ring (bicyclic) bond motifs is 2. The number of likely N-dealkylation sites (tertiary alicyclic amines) is 2. The van der Waals surface area contributed by atoms with Gasteiger partial charge in [-0.2, -0.15) is 0 Å². The number of nitrogens with zero attached hydrogens (tertiary/aromatic N) is 5. The molecule has 0 bridgehead atoms. The molecule has 1 atom stereocenters. The minimum atomic E-state index is -0.162. The molecule has 3 aliphatic rings. The Balaban J connectivity index is 1.15. The molecule has 0 aromatic carbocycles. The molecule has 2 aromatic rings. The Hall–Kier alpha value is -1.32. The van der Waals surface area contributed by atoms with Gasteiger partial charge in [0.15, 0.2) is 0 Å². The van der Waals surface area contributed by atoms with Crippen molar-refractivity contribution in [2.24, 2.45) is 0 Å². The highest BCUT2D eigenvalue weighted by Crippen LogP contribution is 2.44. The SMILES string of the molecule is CCc1cc2c(s1)CCOC21CCN(Cc2cn(CCN3CCC(O)C3)nn2)CC1. The Labute approximate surface area is 182 Å². The molecular weight excluding hydrogens is 398 g/mol. The fraction of sp³-hybridized carbons (Fsp3) is 0.727. The Kier molecular flexibility index (Phi) is 5.94. The first-order valence-corrected chi connectivity index (χ1v) is 12.2. The Morgan fingerprint density at radius 3 is 2.87 bits per heavy atom. The second-order valence-electron chi connectivity index (χ2n) is 8.99. The van der Waals surface area contributed by atoms with E-state index in [1.165, 1.54) is 10.4 Å². The molecule has 1 spiro atoms. The van der Waals surface area contributed by atoms with Crippen LogP contribution in [0.15, 0.2) is 12.3 Å². The first-order chi connectivity index (χ1) is 14.6. The summed E-state index contributed by atoms with van der Waals surface area (Å²) in [7, 11) is 0. The molecule has 8 heteroatoms. The molecule has 0 aliphatic carbocycles. The van der Waals surface area contributed by atoms with E-state index in [-0.39, 0.29) is 11.7 Å². The second-order valence-corrected chi connectivity index (χ2v) is 10.2. The average molecular weight is 432 g/mol. The molecule has 0 amide bonds. The van der Waals surface area contributed by atoms with Crippen LogP contribution >= 0.6 is 11.3 Å². The van der Waals surface area contributed by atoms with E-state index in [0.717, 1.165) is 90.2 Å². The summed E-state index contributed by atoms with van der Waals surface area (Å²) in [6, 6.07) is 2.42. The number of aliphatic hydroxyl groups excluding tert-OH is 1. The van der Waals surface area contributed by atoms with E-state index in [2.05, 4.69) is 39.3 Å². The van der Waals surface area contributed by atoms with E-state index in [9.17, 15) is 5.11 Å². The fourth-order valence-corrected chi connectivity index (χ4v) is 6.32. The monoisotopic (exact) mass is 431 g/mol. The maximum absolute atomic E-state index is 9.65. The lowest BCUT2D eigenvalue weighted by Crippen LogP contribution is -2.45. The number of rotatable bonds is 6. The van der Waals surface area contributed by atoms with Crippen molar-refractivity contribution < 1.29 is 9.84 Å². The largest absolute Gasteiger partial charge is 0.392 e. The van der Waals surface area contributed by atoms with E-state index in [0.29, 0.717) is 0 Å². The predicted molar refractivity (Wildman–Crippen MR) is 117 cm³/mol. The highest BCUT2D eigenvalue weighted by atomic mass is 32.1. The topological polar surface area (TPSA) is 66.7 Å². The van der Waals surface area contributed by atoms with Crippen LogP contribution in [-0.4, -0.2) is 75.3 Å². The van der Waals surface area contributed by atoms with Gasteiger partial charge in [0.2, 0.25) is 0 Å². The highest BCUT2D eigenvalue weighted by molar-refractivity contribution is 7.12. The molecule has 1 unspecified atom stereocenters. The Bertz CT molecular complexity index is 858. The minimum Gasteiger partial charge on any atom is -0.392 e. The quantitative estimate of drug-likeness (QED) is 0.755. The van der Waals surface area contributed by atoms with Crippen molar-refractivity contribution in [3.05, 3.63) is 33.3 Å². The third-order valence-electron chi connectivity index (χ3n) is 6.94. The number of aryl methyl sites for hydroxylation is 1. The first kappa shape index (κ1) is 20.6. The first-order valence-electron chi connectivity index (χ1n) is 11.4. The summed E-state index contributed by atoms with van der Waals surface area (Å²) in [5, 5.41) is 18.4. The van der Waals surface area contributed by atoms with Crippen molar-refractivity contribution in [1.29, 1.82) is 0 Å². The standard InChI is InChI=1S/C22H33N5O2S/c1-2-19-13-20-21(30-19)4-12-29-22(20)5-8-26(9-6-22)14-17-15-27(24-23-17)11-10-25-7-3-18(28)16-25/h13,15,18,28H,2-12,14,16H2,1H3. The molecule has 7 nitrogen and oxygen atoms in total. The van der Waals surface area contributed by atoms with Gasteiger partial charge in [0.05, 0.1) is 30.6 Å². The van der Waals surface area contributed by atoms with Crippen LogP contribution in [0.1, 0.15) is 47.2 Å². The lowest BCUT2D eigenvalue weighted by Gasteiger charge is -2.44. The van der Waals surface area contributed by atoms with Crippen LogP contribution in [0.3, 0.4) is 0 Å². The van der Waals surface area contributed by atoms with Gasteiger partial charge in [-0.05, 0) is 37.3 Å². The summed E-state index contributed by atoms with van der Waals surface area (Å²) in [5.41, 5.74) is 2.46. The molecule has 5 rings (SSSR count). The number of thiophene rings is 1. The van der Waals surface area contributed by atoms with Gasteiger partial charge < -0.3 is 9.84 Å². The number of hydrogen-bond acceptors (Lipinski definition) is 7. The molecule has 30 heavy (non-hydrogen) atoms. The summed E-state index contributed by atoms with van der Waals surface area (Å²) in [6.07, 6.45) is 7.12. The van der Waals surface area contributed by atoms with Gasteiger partial charge >= 0.3 is 0 Å². The highest BCUT2D eigenvalue weighted by Gasteiger charge is 2.41. The number of aliphatic hydroxyl groups is 1. The average Bonchev–Trinajstić information content (AvgIpc) is 3.48. The Morgan fingerprint density at radius 1 is 1.23 bits per heavy atom. The van der Waals surface area contributed by atoms with E-state index in [1.807, 2.05) is 16.0 Å². The second kappa shape index (κ2) is 8.67. The third kappa shape index (κ3) is 4.21. The number of hydrogen-bond donors (Lipinski definition) is 1. The lowest BCUT2D eigenvalue weighted by atomic mass is 9.82. The van der Waals surface area contributed by atoms with E-state index in [4.69, 9.17) is 4.74 Å². The van der Waals surface area contributed by atoms with Crippen LogP contribution < -0.4 is 0 Å². The zero-order chi connectivity index (χ0) is 20.6. The smallest absolute Gasteiger partial charge is 0.0967 e. The van der Waals surface area contributed by atoms with Crippen molar-refractivity contribution in [2.75, 3.05) is 39.3 Å². The van der Waals surface area contributed by atoms with Crippen molar-refractivity contribution in [1.82, 2.24) is 24.8 Å². The molecule has 3 aliphatic heterocycles. The van der Waals surface area contributed by atoms with Gasteiger partial charge in [0.25, 0.3) is 0 Å². The number of β-amino-alcohol motifs (C(OH)–C–C–N with tert-alkyl or cyclic N) is 1. The van der Waals surface area contributed by atoms with E-state index < -0.39 is 0 Å². The molecular formula is C22H33N5O2S. The summed E-state index contributed by atoms with van der Waals surface area (Å²) in [4.78, 5) is 7.83. The van der Waals surface area contributed by atoms with Crippen LogP contribution in [0.4, 0.5) is 0 Å². The van der Waals surface area contributed by atoms with Crippen LogP contribution in [-0.2, 0) is 36.3 Å². The fourth-order valence-electron chi connectivity index (χ4n) is 5.14. The van der Waals surface area contributed by atoms with Crippen molar-refractivity contribution in [3.63, 3.8) is 0 Å². The van der Waals surface area contributed by atoms with E-state index >= 15 is 0 Å². The molecule has 0 radical (unpaired) electrons. The zero-order valence-electron chi connectivity index (χ0n) is 17.9. The van der Waals surface area contributed by atoms with Crippen molar-refractivity contribution in [3.8, 4) is 0 Å². The lowest BCUT2D eigenvalue weighted by molar-refractivity contribution is -0.0982. The normalized spacial score (nSPS) is 24.5. The van der Waals surface area contributed by atoms with Gasteiger partial charge in [-0.1, -0.05) is 12.1 Å². The zero-order valence-corrected chi connectivity index (χ0v) is 18.7. The maximum atomic E-state index is 9.65. The number of ether oxygens (including phenoxy) is 1. The third-order valence-corrected chi connectivity index (χ3v) is 8.27. The predicted octanol–water partition coefficient (Wildman–Crippen LogP) is 2.03. The molecule has 0 saturated carbocycles. The van der Waals surface area contributed by atoms with Gasteiger partial charge in [-0.15, -0.1) is 16.4 Å². The van der Waals surface area contributed by atoms with Crippen LogP contribution in [0.5, 0.6) is 0 Å². The van der Waals surface area contributed by atoms with Gasteiger partial charge in [-0.25, -0.2) is 0 Å². The Morgan fingerprint density at radius 2 is 2.10 bits per heavy atom. The summed E-state index contributed by atoms with van der Waals surface area (Å²) in [6.45, 7) is 9.55. The van der Waals surface area contributed by atoms with Gasteiger partial charge in [-0.3, -0.25) is 14.5 Å². The van der Waals surface area contributed by atoms with Crippen LogP contribution in [0.2, 0.25) is 0 Å². The van der Waals surface area contributed by atoms with Gasteiger partial charge in [0, 0.05) is 61.6 Å². The van der Waals surface area contributed by atoms with Crippen LogP contribution in [0.25, 0.3) is 0 Å². The molecule has 2 saturated heterocycles. The summed E-state index contributed by atoms with van der Waals surface area (Å²) in [5.74, 6) is 0. The molecule has 1 N–H and O–H groups in total. The maximum Gasteiger partial charge on any atom is 0.0967 e. The number of aromatic nitrogens is 3. The molecule has 164 valence electrons. The molecule has 2 aromatic heterocycles. The molecule has 5 heterocycles. The number of piperidine rings is 1. The van der Waals surface area contributed by atoms with Gasteiger partial charge in [0.1, 0.15) is 0 Å². The van der Waals surface area contributed by atoms with Crippen molar-refractivity contribution >= 4 is 11.3 Å². The summed E-state index contributed by atoms with van der Waals surface area (Å²) >= 11 is 1.99. The minimum absolute atomic E-state index is 0.0636. The summed E-state index contributed by atoms with van der Waals surface area (Å²) < 4.78 is 8.35. The molecule has 2 fully saturated rings. The van der Waals surface area contributed by atoms with Crippen LogP contribution in [0, 0.1) is 0 Å². The van der Waals surface area contributed by atoms with Crippen molar-refractivity contribution in [2.45, 2.75) is 63.8 Å². The van der Waals surface area contributed by atoms with E-state index in [1.54, 1.807) is 4.88 Å².